The molecule has 1 aromatic heterocycles. The van der Waals surface area contributed by atoms with E-state index in [0.29, 0.717) is 18.1 Å². The summed E-state index contributed by atoms with van der Waals surface area (Å²) in [6.07, 6.45) is 2.06. The second-order valence-electron chi connectivity index (χ2n) is 4.74. The second kappa shape index (κ2) is 5.49. The lowest BCUT2D eigenvalue weighted by Gasteiger charge is -2.10. The van der Waals surface area contributed by atoms with E-state index in [9.17, 15) is 0 Å². The fourth-order valence-corrected chi connectivity index (χ4v) is 2.86. The molecular weight excluding hydrogens is 291 g/mol. The fourth-order valence-electron chi connectivity index (χ4n) is 2.49. The van der Waals surface area contributed by atoms with E-state index >= 15 is 0 Å². The van der Waals surface area contributed by atoms with Crippen LogP contribution in [-0.4, -0.2) is 4.57 Å². The molecule has 3 aromatic rings. The Morgan fingerprint density at radius 2 is 1.85 bits per heavy atom. The van der Waals surface area contributed by atoms with Crippen LogP contribution in [0.25, 0.3) is 10.9 Å². The van der Waals surface area contributed by atoms with Gasteiger partial charge >= 0.3 is 0 Å². The first kappa shape index (κ1) is 13.5. The van der Waals surface area contributed by atoms with Gasteiger partial charge in [-0.25, -0.2) is 0 Å². The number of rotatable bonds is 3. The first-order valence-electron chi connectivity index (χ1n) is 6.40. The van der Waals surface area contributed by atoms with Crippen LogP contribution in [0.2, 0.25) is 10.0 Å². The summed E-state index contributed by atoms with van der Waals surface area (Å²) in [6.45, 7) is 1.20. The van der Waals surface area contributed by atoms with Crippen LogP contribution >= 0.6 is 23.2 Å². The highest BCUT2D eigenvalue weighted by molar-refractivity contribution is 6.33. The minimum atomic E-state index is 0.518. The van der Waals surface area contributed by atoms with Gasteiger partial charge in [0.2, 0.25) is 0 Å². The molecule has 2 aromatic carbocycles. The van der Waals surface area contributed by atoms with Crippen molar-refractivity contribution in [1.29, 1.82) is 0 Å². The zero-order chi connectivity index (χ0) is 14.1. The minimum absolute atomic E-state index is 0.518. The smallest absolute Gasteiger partial charge is 0.0528 e. The molecule has 0 radical (unpaired) electrons. The number of para-hydroxylation sites is 1. The first-order valence-corrected chi connectivity index (χ1v) is 7.15. The van der Waals surface area contributed by atoms with Crippen molar-refractivity contribution in [2.24, 2.45) is 5.73 Å². The van der Waals surface area contributed by atoms with Crippen molar-refractivity contribution in [2.45, 2.75) is 13.1 Å². The van der Waals surface area contributed by atoms with E-state index in [1.165, 1.54) is 5.39 Å². The largest absolute Gasteiger partial charge is 0.343 e. The number of hydrogen-bond donors (Lipinski definition) is 1. The van der Waals surface area contributed by atoms with Gasteiger partial charge in [-0.2, -0.15) is 0 Å². The predicted octanol–water partition coefficient (Wildman–Crippen LogP) is 4.46. The number of hydrogen-bond acceptors (Lipinski definition) is 1. The molecule has 0 unspecified atom stereocenters. The van der Waals surface area contributed by atoms with Crippen LogP contribution in [0.5, 0.6) is 0 Å². The Kier molecular flexibility index (Phi) is 3.70. The maximum atomic E-state index is 6.24. The number of benzene rings is 2. The number of fused-ring (bicyclic) bond motifs is 1. The molecule has 0 spiro atoms. The topological polar surface area (TPSA) is 30.9 Å². The molecule has 0 aliphatic rings. The van der Waals surface area contributed by atoms with Crippen molar-refractivity contribution in [3.8, 4) is 0 Å². The molecule has 4 heteroatoms. The summed E-state index contributed by atoms with van der Waals surface area (Å²) >= 11 is 12.3. The highest BCUT2D eigenvalue weighted by atomic mass is 35.5. The Bertz CT molecular complexity index is 762. The average molecular weight is 305 g/mol. The summed E-state index contributed by atoms with van der Waals surface area (Å²) < 4.78 is 2.16. The molecule has 0 aliphatic carbocycles. The van der Waals surface area contributed by atoms with Crippen LogP contribution in [-0.2, 0) is 13.1 Å². The zero-order valence-corrected chi connectivity index (χ0v) is 12.3. The van der Waals surface area contributed by atoms with Gasteiger partial charge in [-0.15, -0.1) is 0 Å². The third kappa shape index (κ3) is 2.42. The van der Waals surface area contributed by atoms with E-state index in [0.717, 1.165) is 21.7 Å². The van der Waals surface area contributed by atoms with Crippen LogP contribution in [0.15, 0.2) is 48.7 Å². The highest BCUT2D eigenvalue weighted by Crippen LogP contribution is 2.25. The Balaban J connectivity index is 2.09. The maximum Gasteiger partial charge on any atom is 0.0528 e. The number of nitrogens with two attached hydrogens (primary N) is 1. The highest BCUT2D eigenvalue weighted by Gasteiger charge is 2.08. The first-order chi connectivity index (χ1) is 9.69. The lowest BCUT2D eigenvalue weighted by atomic mass is 10.1. The summed E-state index contributed by atoms with van der Waals surface area (Å²) in [7, 11) is 0. The van der Waals surface area contributed by atoms with Crippen molar-refractivity contribution in [3.63, 3.8) is 0 Å². The molecule has 0 fully saturated rings. The Labute approximate surface area is 127 Å². The summed E-state index contributed by atoms with van der Waals surface area (Å²) in [5.74, 6) is 0. The number of aromatic nitrogens is 1. The summed E-state index contributed by atoms with van der Waals surface area (Å²) in [5.41, 5.74) is 9.12. The molecule has 0 atom stereocenters. The van der Waals surface area contributed by atoms with E-state index in [4.69, 9.17) is 28.9 Å². The SMILES string of the molecule is NCc1cccc2ccn(Cc3cc(Cl)ccc3Cl)c12. The summed E-state index contributed by atoms with van der Waals surface area (Å²) in [4.78, 5) is 0. The van der Waals surface area contributed by atoms with Gasteiger partial charge in [0.25, 0.3) is 0 Å². The normalized spacial score (nSPS) is 11.2. The summed E-state index contributed by atoms with van der Waals surface area (Å²) in [5, 5.41) is 2.60. The van der Waals surface area contributed by atoms with Crippen molar-refractivity contribution in [3.05, 3.63) is 69.8 Å². The van der Waals surface area contributed by atoms with Crippen LogP contribution in [0.1, 0.15) is 11.1 Å². The molecule has 0 saturated heterocycles. The van der Waals surface area contributed by atoms with Gasteiger partial charge in [0.1, 0.15) is 0 Å². The lowest BCUT2D eigenvalue weighted by molar-refractivity contribution is 0.830. The standard InChI is InChI=1S/C16H14Cl2N2/c17-14-4-5-15(18)13(8-14)10-20-7-6-11-2-1-3-12(9-19)16(11)20/h1-8H,9-10,19H2. The van der Waals surface area contributed by atoms with Crippen molar-refractivity contribution >= 4 is 34.1 Å². The van der Waals surface area contributed by atoms with Crippen molar-refractivity contribution < 1.29 is 0 Å². The fraction of sp³-hybridized carbons (Fsp3) is 0.125. The van der Waals surface area contributed by atoms with Gasteiger partial charge in [0.15, 0.2) is 0 Å². The second-order valence-corrected chi connectivity index (χ2v) is 5.58. The van der Waals surface area contributed by atoms with Crippen LogP contribution in [0, 0.1) is 0 Å². The summed E-state index contributed by atoms with van der Waals surface area (Å²) in [6, 6.07) is 13.8. The number of nitrogens with zero attached hydrogens (tertiary/aromatic N) is 1. The van der Waals surface area contributed by atoms with Gasteiger partial charge in [-0.1, -0.05) is 41.4 Å². The molecule has 0 aliphatic heterocycles. The third-order valence-corrected chi connectivity index (χ3v) is 4.04. The van der Waals surface area contributed by atoms with E-state index in [2.05, 4.69) is 29.0 Å². The predicted molar refractivity (Wildman–Crippen MR) is 85.4 cm³/mol. The van der Waals surface area contributed by atoms with E-state index in [1.807, 2.05) is 18.2 Å². The van der Waals surface area contributed by atoms with Gasteiger partial charge in [-0.05, 0) is 40.8 Å². The van der Waals surface area contributed by atoms with Crippen molar-refractivity contribution in [1.82, 2.24) is 4.57 Å². The third-order valence-electron chi connectivity index (χ3n) is 3.44. The number of halogens is 2. The molecule has 2 nitrogen and oxygen atoms in total. The Hall–Kier alpha value is -1.48. The molecule has 2 N–H and O–H groups in total. The molecule has 102 valence electrons. The van der Waals surface area contributed by atoms with Crippen LogP contribution in [0.3, 0.4) is 0 Å². The van der Waals surface area contributed by atoms with E-state index in [-0.39, 0.29) is 0 Å². The van der Waals surface area contributed by atoms with Gasteiger partial charge in [0.05, 0.1) is 5.52 Å². The zero-order valence-electron chi connectivity index (χ0n) is 10.8. The molecule has 1 heterocycles. The maximum absolute atomic E-state index is 6.24. The molecular formula is C16H14Cl2N2. The monoisotopic (exact) mass is 304 g/mol. The molecule has 0 amide bonds. The van der Waals surface area contributed by atoms with Crippen LogP contribution in [0.4, 0.5) is 0 Å². The van der Waals surface area contributed by atoms with E-state index < -0.39 is 0 Å². The molecule has 20 heavy (non-hydrogen) atoms. The van der Waals surface area contributed by atoms with Crippen molar-refractivity contribution in [2.75, 3.05) is 0 Å². The van der Waals surface area contributed by atoms with E-state index in [1.54, 1.807) is 6.07 Å². The Morgan fingerprint density at radius 3 is 2.65 bits per heavy atom. The molecule has 0 bridgehead atoms. The lowest BCUT2D eigenvalue weighted by Crippen LogP contribution is -2.03. The minimum Gasteiger partial charge on any atom is -0.343 e. The Morgan fingerprint density at radius 1 is 1.00 bits per heavy atom. The van der Waals surface area contributed by atoms with Gasteiger partial charge < -0.3 is 10.3 Å². The van der Waals surface area contributed by atoms with Gasteiger partial charge in [-0.3, -0.25) is 0 Å². The molecule has 0 saturated carbocycles. The average Bonchev–Trinajstić information content (AvgIpc) is 2.86. The molecule has 3 rings (SSSR count). The van der Waals surface area contributed by atoms with Crippen LogP contribution < -0.4 is 5.73 Å². The quantitative estimate of drug-likeness (QED) is 0.761. The van der Waals surface area contributed by atoms with Gasteiger partial charge in [0, 0.05) is 29.3 Å².